The third-order valence-electron chi connectivity index (χ3n) is 4.45. The molecular formula is C16H26ClN5O. The summed E-state index contributed by atoms with van der Waals surface area (Å²) in [5, 5.41) is 0.456. The van der Waals surface area contributed by atoms with Gasteiger partial charge in [0.1, 0.15) is 16.8 Å². The minimum absolute atomic E-state index is 0.0462. The van der Waals surface area contributed by atoms with Crippen molar-refractivity contribution in [2.24, 2.45) is 11.7 Å². The highest BCUT2D eigenvalue weighted by Crippen LogP contribution is 2.26. The molecule has 2 atom stereocenters. The van der Waals surface area contributed by atoms with Crippen molar-refractivity contribution in [1.29, 1.82) is 0 Å². The van der Waals surface area contributed by atoms with E-state index in [1.54, 1.807) is 13.8 Å². The number of hydrogen-bond donors (Lipinski definition) is 2. The van der Waals surface area contributed by atoms with E-state index in [-0.39, 0.29) is 5.91 Å². The molecule has 23 heavy (non-hydrogen) atoms. The normalized spacial score (nSPS) is 20.2. The van der Waals surface area contributed by atoms with Crippen molar-refractivity contribution in [1.82, 2.24) is 14.9 Å². The number of likely N-dealkylation sites (tertiary alicyclic amines) is 1. The van der Waals surface area contributed by atoms with Crippen LogP contribution < -0.4 is 11.5 Å². The number of nitrogens with two attached hydrogens (primary N) is 2. The molecule has 128 valence electrons. The van der Waals surface area contributed by atoms with Gasteiger partial charge in [-0.15, -0.1) is 0 Å². The van der Waals surface area contributed by atoms with Gasteiger partial charge in [-0.25, -0.2) is 9.97 Å². The smallest absolute Gasteiger partial charge is 0.239 e. The van der Waals surface area contributed by atoms with Crippen LogP contribution in [-0.4, -0.2) is 39.9 Å². The summed E-state index contributed by atoms with van der Waals surface area (Å²) >= 11 is 6.19. The minimum atomic E-state index is -0.421. The number of anilines is 1. The fourth-order valence-electron chi connectivity index (χ4n) is 3.12. The topological polar surface area (TPSA) is 98.1 Å². The second kappa shape index (κ2) is 7.93. The number of nitrogens with zero attached hydrogens (tertiary/aromatic N) is 3. The average molecular weight is 340 g/mol. The maximum atomic E-state index is 12.0. The quantitative estimate of drug-likeness (QED) is 0.817. The third kappa shape index (κ3) is 4.78. The van der Waals surface area contributed by atoms with Gasteiger partial charge in [0.15, 0.2) is 0 Å². The van der Waals surface area contributed by atoms with Crippen LogP contribution in [0.25, 0.3) is 0 Å². The van der Waals surface area contributed by atoms with E-state index in [0.29, 0.717) is 22.7 Å². The summed E-state index contributed by atoms with van der Waals surface area (Å²) in [6.45, 7) is 5.10. The molecule has 2 rings (SSSR count). The van der Waals surface area contributed by atoms with Gasteiger partial charge < -0.3 is 16.4 Å². The predicted octanol–water partition coefficient (Wildman–Crippen LogP) is 1.93. The van der Waals surface area contributed by atoms with Gasteiger partial charge in [0.25, 0.3) is 0 Å². The average Bonchev–Trinajstić information content (AvgIpc) is 2.70. The Morgan fingerprint density at radius 3 is 2.78 bits per heavy atom. The number of aryl methyl sites for hydroxylation is 1. The Bertz CT molecular complexity index is 540. The van der Waals surface area contributed by atoms with Crippen molar-refractivity contribution in [2.45, 2.75) is 52.0 Å². The number of amides is 1. The van der Waals surface area contributed by atoms with Crippen LogP contribution in [0.2, 0.25) is 5.15 Å². The Kier molecular flexibility index (Phi) is 6.18. The van der Waals surface area contributed by atoms with Gasteiger partial charge in [0.2, 0.25) is 5.91 Å². The third-order valence-corrected chi connectivity index (χ3v) is 4.76. The molecule has 1 aliphatic rings. The minimum Gasteiger partial charge on any atom is -0.383 e. The summed E-state index contributed by atoms with van der Waals surface area (Å²) in [7, 11) is 0. The van der Waals surface area contributed by atoms with Gasteiger partial charge in [-0.05, 0) is 51.9 Å². The SMILES string of the molecule is Cc1nc(N)c(CC[C@H]2CCCN(C(=O)[C@H](C)N)CC2)c(Cl)n1. The van der Waals surface area contributed by atoms with Crippen molar-refractivity contribution < 1.29 is 4.79 Å². The summed E-state index contributed by atoms with van der Waals surface area (Å²) in [5.74, 6) is 1.67. The van der Waals surface area contributed by atoms with Gasteiger partial charge in [0, 0.05) is 18.7 Å². The zero-order valence-electron chi connectivity index (χ0n) is 13.9. The van der Waals surface area contributed by atoms with E-state index in [9.17, 15) is 4.79 Å². The number of carbonyl (C=O) groups is 1. The lowest BCUT2D eigenvalue weighted by Crippen LogP contribution is -2.42. The summed E-state index contributed by atoms with van der Waals surface area (Å²) in [6.07, 6.45) is 4.86. The highest BCUT2D eigenvalue weighted by Gasteiger charge is 2.23. The monoisotopic (exact) mass is 339 g/mol. The number of carbonyl (C=O) groups excluding carboxylic acids is 1. The molecule has 0 spiro atoms. The molecule has 1 aromatic heterocycles. The van der Waals surface area contributed by atoms with E-state index in [1.165, 1.54) is 0 Å². The van der Waals surface area contributed by atoms with Crippen LogP contribution in [0.3, 0.4) is 0 Å². The number of halogens is 1. The number of aromatic nitrogens is 2. The second-order valence-electron chi connectivity index (χ2n) is 6.37. The van der Waals surface area contributed by atoms with Crippen molar-refractivity contribution in [3.63, 3.8) is 0 Å². The first-order valence-electron chi connectivity index (χ1n) is 8.21. The Hall–Kier alpha value is -1.40. The molecule has 6 nitrogen and oxygen atoms in total. The fraction of sp³-hybridized carbons (Fsp3) is 0.688. The highest BCUT2D eigenvalue weighted by atomic mass is 35.5. The van der Waals surface area contributed by atoms with Crippen molar-refractivity contribution in [3.05, 3.63) is 16.5 Å². The molecule has 0 bridgehead atoms. The van der Waals surface area contributed by atoms with Crippen LogP contribution >= 0.6 is 11.6 Å². The predicted molar refractivity (Wildman–Crippen MR) is 92.1 cm³/mol. The first-order chi connectivity index (χ1) is 10.9. The molecule has 0 aromatic carbocycles. The Morgan fingerprint density at radius 1 is 1.39 bits per heavy atom. The van der Waals surface area contributed by atoms with Crippen LogP contribution in [0.4, 0.5) is 5.82 Å². The molecule has 0 saturated carbocycles. The molecular weight excluding hydrogens is 314 g/mol. The van der Waals surface area contributed by atoms with Crippen molar-refractivity contribution in [3.8, 4) is 0 Å². The van der Waals surface area contributed by atoms with E-state index in [1.807, 2.05) is 4.90 Å². The van der Waals surface area contributed by atoms with Crippen molar-refractivity contribution in [2.75, 3.05) is 18.8 Å². The molecule has 1 amide bonds. The van der Waals surface area contributed by atoms with E-state index >= 15 is 0 Å². The van der Waals surface area contributed by atoms with Gasteiger partial charge in [-0.1, -0.05) is 11.6 Å². The molecule has 4 N–H and O–H groups in total. The summed E-state index contributed by atoms with van der Waals surface area (Å²) < 4.78 is 0. The van der Waals surface area contributed by atoms with Crippen LogP contribution in [0.1, 0.15) is 44.0 Å². The summed E-state index contributed by atoms with van der Waals surface area (Å²) in [5.41, 5.74) is 12.5. The lowest BCUT2D eigenvalue weighted by atomic mass is 9.93. The molecule has 1 saturated heterocycles. The Balaban J connectivity index is 1.91. The van der Waals surface area contributed by atoms with Gasteiger partial charge in [0.05, 0.1) is 6.04 Å². The molecule has 0 radical (unpaired) electrons. The standard InChI is InChI=1S/C16H26ClN5O/c1-10(18)16(23)22-8-3-4-12(7-9-22)5-6-13-14(17)20-11(2)21-15(13)19/h10,12H,3-9,18H2,1-2H3,(H2,19,20,21)/t10-,12+/m0/s1. The second-order valence-corrected chi connectivity index (χ2v) is 6.73. The first-order valence-corrected chi connectivity index (χ1v) is 8.59. The lowest BCUT2D eigenvalue weighted by Gasteiger charge is -2.22. The molecule has 1 aliphatic heterocycles. The van der Waals surface area contributed by atoms with Crippen LogP contribution in [0, 0.1) is 12.8 Å². The van der Waals surface area contributed by atoms with Crippen LogP contribution in [0.15, 0.2) is 0 Å². The van der Waals surface area contributed by atoms with Gasteiger partial charge in [-0.3, -0.25) is 4.79 Å². The molecule has 0 aliphatic carbocycles. The van der Waals surface area contributed by atoms with Gasteiger partial charge in [-0.2, -0.15) is 0 Å². The number of rotatable bonds is 4. The largest absolute Gasteiger partial charge is 0.383 e. The number of hydrogen-bond acceptors (Lipinski definition) is 5. The zero-order valence-corrected chi connectivity index (χ0v) is 14.6. The molecule has 0 unspecified atom stereocenters. The fourth-order valence-corrected chi connectivity index (χ4v) is 3.44. The zero-order chi connectivity index (χ0) is 17.0. The maximum absolute atomic E-state index is 12.0. The number of nitrogen functional groups attached to an aromatic ring is 1. The van der Waals surface area contributed by atoms with Crippen LogP contribution in [0.5, 0.6) is 0 Å². The molecule has 7 heteroatoms. The van der Waals surface area contributed by atoms with E-state index in [2.05, 4.69) is 9.97 Å². The Morgan fingerprint density at radius 2 is 2.13 bits per heavy atom. The lowest BCUT2D eigenvalue weighted by molar-refractivity contribution is -0.132. The highest BCUT2D eigenvalue weighted by molar-refractivity contribution is 6.30. The molecule has 1 fully saturated rings. The molecule has 1 aromatic rings. The summed E-state index contributed by atoms with van der Waals surface area (Å²) in [4.78, 5) is 22.3. The van der Waals surface area contributed by atoms with E-state index < -0.39 is 6.04 Å². The molecule has 2 heterocycles. The van der Waals surface area contributed by atoms with E-state index in [0.717, 1.165) is 50.8 Å². The first kappa shape index (κ1) is 17.9. The maximum Gasteiger partial charge on any atom is 0.239 e. The van der Waals surface area contributed by atoms with E-state index in [4.69, 9.17) is 23.1 Å². The summed E-state index contributed by atoms with van der Waals surface area (Å²) in [6, 6.07) is -0.421. The van der Waals surface area contributed by atoms with Crippen LogP contribution in [-0.2, 0) is 11.2 Å². The van der Waals surface area contributed by atoms with Gasteiger partial charge >= 0.3 is 0 Å². The van der Waals surface area contributed by atoms with Crippen molar-refractivity contribution >= 4 is 23.3 Å². The Labute approximate surface area is 142 Å².